The Morgan fingerprint density at radius 3 is 2.44 bits per heavy atom. The van der Waals surface area contributed by atoms with E-state index in [0.717, 1.165) is 16.1 Å². The summed E-state index contributed by atoms with van der Waals surface area (Å²) in [6.07, 6.45) is 1.36. The molecule has 0 fully saturated rings. The van der Waals surface area contributed by atoms with Crippen molar-refractivity contribution in [2.45, 2.75) is 26.3 Å². The van der Waals surface area contributed by atoms with Gasteiger partial charge >= 0.3 is 0 Å². The van der Waals surface area contributed by atoms with Gasteiger partial charge in [-0.15, -0.1) is 0 Å². The van der Waals surface area contributed by atoms with E-state index in [0.29, 0.717) is 11.5 Å². The van der Waals surface area contributed by atoms with Gasteiger partial charge in [-0.2, -0.15) is 0 Å². The van der Waals surface area contributed by atoms with Gasteiger partial charge in [0.15, 0.2) is 11.5 Å². The molecule has 2 aromatic carbocycles. The van der Waals surface area contributed by atoms with E-state index in [1.165, 1.54) is 39.3 Å². The second-order valence-corrected chi connectivity index (χ2v) is 8.99. The van der Waals surface area contributed by atoms with Crippen LogP contribution in [0.3, 0.4) is 0 Å². The number of carbonyl (C=O) groups is 1. The number of ether oxygens (including phenoxy) is 2. The topological polar surface area (TPSA) is 128 Å². The van der Waals surface area contributed by atoms with Gasteiger partial charge < -0.3 is 14.8 Å². The summed E-state index contributed by atoms with van der Waals surface area (Å²) in [5.41, 5.74) is 1.14. The van der Waals surface area contributed by atoms with Gasteiger partial charge in [0.1, 0.15) is 0 Å². The Morgan fingerprint density at radius 2 is 1.84 bits per heavy atom. The summed E-state index contributed by atoms with van der Waals surface area (Å²) in [7, 11) is -0.637. The SMILES string of the molecule is COc1ccc(CNC(=O)CCCN(c2cccc([N+](=O)[O-])c2C)S(C)(=O)=O)cc1OC. The molecule has 1 N–H and O–H groups in total. The van der Waals surface area contributed by atoms with Gasteiger partial charge in [-0.1, -0.05) is 12.1 Å². The van der Waals surface area contributed by atoms with Crippen LogP contribution in [0.15, 0.2) is 36.4 Å². The monoisotopic (exact) mass is 465 g/mol. The first kappa shape index (κ1) is 24.9. The lowest BCUT2D eigenvalue weighted by Crippen LogP contribution is -2.32. The minimum absolute atomic E-state index is 0.0185. The number of benzene rings is 2. The first-order valence-corrected chi connectivity index (χ1v) is 11.6. The van der Waals surface area contributed by atoms with Crippen LogP contribution >= 0.6 is 0 Å². The smallest absolute Gasteiger partial charge is 0.274 e. The molecule has 0 aliphatic carbocycles. The molecular weight excluding hydrogens is 438 g/mol. The number of hydrogen-bond donors (Lipinski definition) is 1. The van der Waals surface area contributed by atoms with E-state index in [1.54, 1.807) is 18.2 Å². The van der Waals surface area contributed by atoms with Gasteiger partial charge in [-0.25, -0.2) is 8.42 Å². The fourth-order valence-corrected chi connectivity index (χ4v) is 4.22. The lowest BCUT2D eigenvalue weighted by Gasteiger charge is -2.24. The highest BCUT2D eigenvalue weighted by molar-refractivity contribution is 7.92. The Hall–Kier alpha value is -3.34. The molecule has 0 radical (unpaired) electrons. The molecule has 0 unspecified atom stereocenters. The third-order valence-corrected chi connectivity index (χ3v) is 6.02. The molecule has 0 spiro atoms. The van der Waals surface area contributed by atoms with Gasteiger partial charge in [-0.05, 0) is 37.1 Å². The normalized spacial score (nSPS) is 11.0. The summed E-state index contributed by atoms with van der Waals surface area (Å²) in [6, 6.07) is 9.58. The van der Waals surface area contributed by atoms with E-state index in [4.69, 9.17) is 9.47 Å². The lowest BCUT2D eigenvalue weighted by atomic mass is 10.1. The van der Waals surface area contributed by atoms with Crippen LogP contribution in [0.4, 0.5) is 11.4 Å². The summed E-state index contributed by atoms with van der Waals surface area (Å²) in [6.45, 7) is 1.80. The maximum atomic E-state index is 12.3. The van der Waals surface area contributed by atoms with E-state index < -0.39 is 14.9 Å². The number of nitrogens with one attached hydrogen (secondary N) is 1. The molecule has 0 aliphatic heterocycles. The molecule has 0 atom stereocenters. The van der Waals surface area contributed by atoms with Crippen molar-refractivity contribution in [2.75, 3.05) is 31.3 Å². The molecule has 11 heteroatoms. The number of methoxy groups -OCH3 is 2. The Morgan fingerprint density at radius 1 is 1.16 bits per heavy atom. The van der Waals surface area contributed by atoms with E-state index in [9.17, 15) is 23.3 Å². The quantitative estimate of drug-likeness (QED) is 0.399. The average molecular weight is 466 g/mol. The van der Waals surface area contributed by atoms with Gasteiger partial charge in [0, 0.05) is 25.6 Å². The van der Waals surface area contributed by atoms with Crippen molar-refractivity contribution in [3.05, 3.63) is 57.6 Å². The molecule has 32 heavy (non-hydrogen) atoms. The molecule has 0 saturated heterocycles. The molecular formula is C21H27N3O7S. The number of hydrogen-bond acceptors (Lipinski definition) is 7. The number of nitro groups is 1. The fourth-order valence-electron chi connectivity index (χ4n) is 3.21. The zero-order valence-electron chi connectivity index (χ0n) is 18.5. The van der Waals surface area contributed by atoms with Crippen molar-refractivity contribution < 1.29 is 27.6 Å². The molecule has 2 rings (SSSR count). The highest BCUT2D eigenvalue weighted by Crippen LogP contribution is 2.30. The summed E-state index contributed by atoms with van der Waals surface area (Å²) in [5, 5.41) is 14.0. The van der Waals surface area contributed by atoms with Crippen molar-refractivity contribution in [1.29, 1.82) is 0 Å². The maximum absolute atomic E-state index is 12.3. The largest absolute Gasteiger partial charge is 0.493 e. The molecule has 1 amide bonds. The van der Waals surface area contributed by atoms with Gasteiger partial charge in [0.2, 0.25) is 15.9 Å². The Balaban J connectivity index is 2.00. The van der Waals surface area contributed by atoms with E-state index in [2.05, 4.69) is 5.32 Å². The predicted molar refractivity (Wildman–Crippen MR) is 121 cm³/mol. The highest BCUT2D eigenvalue weighted by Gasteiger charge is 2.23. The molecule has 0 aliphatic rings. The fraction of sp³-hybridized carbons (Fsp3) is 0.381. The number of sulfonamides is 1. The van der Waals surface area contributed by atoms with Crippen molar-refractivity contribution >= 4 is 27.3 Å². The minimum Gasteiger partial charge on any atom is -0.493 e. The van der Waals surface area contributed by atoms with Crippen LogP contribution in [0.5, 0.6) is 11.5 Å². The maximum Gasteiger partial charge on any atom is 0.274 e. The van der Waals surface area contributed by atoms with Gasteiger partial charge in [0.25, 0.3) is 5.69 Å². The number of carbonyl (C=O) groups excluding carboxylic acids is 1. The molecule has 0 bridgehead atoms. The van der Waals surface area contributed by atoms with Gasteiger partial charge in [-0.3, -0.25) is 19.2 Å². The second-order valence-electron chi connectivity index (χ2n) is 7.08. The van der Waals surface area contributed by atoms with Crippen LogP contribution in [-0.2, 0) is 21.4 Å². The molecule has 0 saturated carbocycles. The lowest BCUT2D eigenvalue weighted by molar-refractivity contribution is -0.385. The third-order valence-electron chi connectivity index (χ3n) is 4.85. The van der Waals surface area contributed by atoms with Crippen LogP contribution in [-0.4, -0.2) is 46.3 Å². The van der Waals surface area contributed by atoms with Crippen molar-refractivity contribution in [2.24, 2.45) is 0 Å². The third kappa shape index (κ3) is 6.33. The Bertz CT molecular complexity index is 1090. The van der Waals surface area contributed by atoms with Crippen LogP contribution in [0.25, 0.3) is 0 Å². The van der Waals surface area contributed by atoms with Crippen LogP contribution in [0.1, 0.15) is 24.0 Å². The van der Waals surface area contributed by atoms with Crippen LogP contribution in [0, 0.1) is 17.0 Å². The molecule has 10 nitrogen and oxygen atoms in total. The number of nitrogens with zero attached hydrogens (tertiary/aromatic N) is 2. The summed E-state index contributed by atoms with van der Waals surface area (Å²) in [4.78, 5) is 22.9. The summed E-state index contributed by atoms with van der Waals surface area (Å²) in [5.74, 6) is 0.888. The molecule has 0 aromatic heterocycles. The Labute approximate surface area is 187 Å². The van der Waals surface area contributed by atoms with Crippen molar-refractivity contribution in [1.82, 2.24) is 5.32 Å². The van der Waals surface area contributed by atoms with Gasteiger partial charge in [0.05, 0.1) is 36.6 Å². The predicted octanol–water partition coefficient (Wildman–Crippen LogP) is 2.78. The number of anilines is 1. The average Bonchev–Trinajstić information content (AvgIpc) is 2.74. The van der Waals surface area contributed by atoms with Crippen LogP contribution in [0.2, 0.25) is 0 Å². The highest BCUT2D eigenvalue weighted by atomic mass is 32.2. The summed E-state index contributed by atoms with van der Waals surface area (Å²) >= 11 is 0. The van der Waals surface area contributed by atoms with Crippen LogP contribution < -0.4 is 19.1 Å². The van der Waals surface area contributed by atoms with E-state index >= 15 is 0 Å². The molecule has 0 heterocycles. The number of nitro benzene ring substituents is 1. The zero-order valence-corrected chi connectivity index (χ0v) is 19.3. The Kier molecular flexibility index (Phi) is 8.41. The standard InChI is InChI=1S/C21H27N3O7S/c1-15-17(7-5-8-18(15)24(26)27)23(32(4,28)29)12-6-9-21(25)22-14-16-10-11-19(30-2)20(13-16)31-3/h5,7-8,10-11,13H,6,9,12,14H2,1-4H3,(H,22,25). The van der Waals surface area contributed by atoms with Crippen molar-refractivity contribution in [3.63, 3.8) is 0 Å². The number of rotatable bonds is 11. The molecule has 174 valence electrons. The minimum atomic E-state index is -3.70. The first-order chi connectivity index (χ1) is 15.1. The second kappa shape index (κ2) is 10.8. The van der Waals surface area contributed by atoms with Crippen molar-refractivity contribution in [3.8, 4) is 11.5 Å². The zero-order chi connectivity index (χ0) is 23.9. The summed E-state index contributed by atoms with van der Waals surface area (Å²) < 4.78 is 36.1. The first-order valence-electron chi connectivity index (χ1n) is 9.77. The number of amides is 1. The van der Waals surface area contributed by atoms with E-state index in [-0.39, 0.29) is 48.8 Å². The van der Waals surface area contributed by atoms with E-state index in [1.807, 2.05) is 0 Å². The molecule has 2 aromatic rings.